The Bertz CT molecular complexity index is 307. The van der Waals surface area contributed by atoms with Crippen LogP contribution in [0.15, 0.2) is 0 Å². The molecule has 2 atom stereocenters. The summed E-state index contributed by atoms with van der Waals surface area (Å²) in [7, 11) is 0. The summed E-state index contributed by atoms with van der Waals surface area (Å²) in [6, 6.07) is 0.610. The van der Waals surface area contributed by atoms with Gasteiger partial charge in [-0.2, -0.15) is 0 Å². The van der Waals surface area contributed by atoms with Gasteiger partial charge in [0, 0.05) is 32.2 Å². The molecule has 1 aliphatic carbocycles. The van der Waals surface area contributed by atoms with Gasteiger partial charge in [0.05, 0.1) is 6.04 Å². The Balaban J connectivity index is 1.94. The third-order valence-electron chi connectivity index (χ3n) is 4.79. The third-order valence-corrected chi connectivity index (χ3v) is 4.79. The van der Waals surface area contributed by atoms with Crippen LogP contribution in [0, 0.1) is 5.92 Å². The van der Waals surface area contributed by atoms with Crippen LogP contribution in [0.2, 0.25) is 0 Å². The summed E-state index contributed by atoms with van der Waals surface area (Å²) in [4.78, 5) is 17.0. The van der Waals surface area contributed by atoms with Gasteiger partial charge in [-0.1, -0.05) is 0 Å². The molecule has 0 radical (unpaired) electrons. The number of likely N-dealkylation sites (N-methyl/N-ethyl adjacent to an activating group) is 1. The number of amides is 1. The van der Waals surface area contributed by atoms with Crippen LogP contribution in [0.4, 0.5) is 0 Å². The minimum atomic E-state index is 0.0258. The predicted octanol–water partition coefficient (Wildman–Crippen LogP) is 1.71. The largest absolute Gasteiger partial charge is 0.342 e. The van der Waals surface area contributed by atoms with Crippen LogP contribution < -0.4 is 5.32 Å². The Morgan fingerprint density at radius 2 is 1.90 bits per heavy atom. The summed E-state index contributed by atoms with van der Waals surface area (Å²) >= 11 is 0. The highest BCUT2D eigenvalue weighted by Gasteiger charge is 2.32. The van der Waals surface area contributed by atoms with Gasteiger partial charge in [0.2, 0.25) is 5.91 Å². The topological polar surface area (TPSA) is 35.6 Å². The van der Waals surface area contributed by atoms with Crippen molar-refractivity contribution in [1.82, 2.24) is 15.1 Å². The average molecular weight is 281 g/mol. The van der Waals surface area contributed by atoms with Crippen LogP contribution in [0.25, 0.3) is 0 Å². The number of carbonyl (C=O) groups is 1. The van der Waals surface area contributed by atoms with Crippen LogP contribution in [-0.4, -0.2) is 60.5 Å². The Morgan fingerprint density at radius 3 is 2.40 bits per heavy atom. The molecule has 20 heavy (non-hydrogen) atoms. The monoisotopic (exact) mass is 281 g/mol. The van der Waals surface area contributed by atoms with Gasteiger partial charge in [0.25, 0.3) is 0 Å². The van der Waals surface area contributed by atoms with E-state index in [1.54, 1.807) is 0 Å². The van der Waals surface area contributed by atoms with E-state index in [1.165, 1.54) is 25.7 Å². The first-order valence-electron chi connectivity index (χ1n) is 8.41. The highest BCUT2D eigenvalue weighted by molar-refractivity contribution is 5.81. The Labute approximate surface area is 123 Å². The van der Waals surface area contributed by atoms with E-state index in [4.69, 9.17) is 0 Å². The molecule has 2 unspecified atom stereocenters. The zero-order valence-electron chi connectivity index (χ0n) is 13.4. The van der Waals surface area contributed by atoms with Crippen LogP contribution >= 0.6 is 0 Å². The van der Waals surface area contributed by atoms with Crippen molar-refractivity contribution in [3.05, 3.63) is 0 Å². The van der Waals surface area contributed by atoms with E-state index in [1.807, 2.05) is 4.90 Å². The molecule has 1 saturated carbocycles. The number of hydrogen-bond donors (Lipinski definition) is 1. The van der Waals surface area contributed by atoms with Crippen LogP contribution in [0.3, 0.4) is 0 Å². The highest BCUT2D eigenvalue weighted by Crippen LogP contribution is 2.30. The van der Waals surface area contributed by atoms with Crippen molar-refractivity contribution in [2.24, 2.45) is 5.92 Å². The summed E-state index contributed by atoms with van der Waals surface area (Å²) in [6.45, 7) is 11.1. The normalized spacial score (nSPS) is 24.1. The first-order chi connectivity index (χ1) is 9.65. The lowest BCUT2D eigenvalue weighted by Crippen LogP contribution is -2.51. The lowest BCUT2D eigenvalue weighted by Gasteiger charge is -2.33. The highest BCUT2D eigenvalue weighted by atomic mass is 16.2. The molecule has 1 heterocycles. The molecule has 1 amide bonds. The van der Waals surface area contributed by atoms with Gasteiger partial charge in [-0.15, -0.1) is 0 Å². The maximum Gasteiger partial charge on any atom is 0.239 e. The number of rotatable bonds is 8. The number of hydrogen-bond acceptors (Lipinski definition) is 3. The lowest BCUT2D eigenvalue weighted by atomic mass is 10.1. The van der Waals surface area contributed by atoms with Gasteiger partial charge in [-0.05, 0) is 58.9 Å². The molecule has 4 heteroatoms. The van der Waals surface area contributed by atoms with Crippen molar-refractivity contribution in [1.29, 1.82) is 0 Å². The fourth-order valence-electron chi connectivity index (χ4n) is 3.17. The van der Waals surface area contributed by atoms with Crippen molar-refractivity contribution in [2.75, 3.05) is 32.7 Å². The van der Waals surface area contributed by atoms with E-state index >= 15 is 0 Å². The van der Waals surface area contributed by atoms with Crippen molar-refractivity contribution >= 4 is 5.91 Å². The zero-order valence-corrected chi connectivity index (χ0v) is 13.4. The second-order valence-electron chi connectivity index (χ2n) is 6.38. The average Bonchev–Trinajstić information content (AvgIpc) is 3.12. The standard InChI is InChI=1S/C16H31N3O/c1-4-18(5-2)16(20)13(3)19(11-14-8-9-14)12-15-7-6-10-17-15/h13-15,17H,4-12H2,1-3H3. The summed E-state index contributed by atoms with van der Waals surface area (Å²) in [6.07, 6.45) is 5.23. The summed E-state index contributed by atoms with van der Waals surface area (Å²) in [5.41, 5.74) is 0. The molecule has 116 valence electrons. The summed E-state index contributed by atoms with van der Waals surface area (Å²) in [5.74, 6) is 1.14. The van der Waals surface area contributed by atoms with Gasteiger partial charge < -0.3 is 10.2 Å². The van der Waals surface area contributed by atoms with Crippen LogP contribution in [0.1, 0.15) is 46.5 Å². The minimum absolute atomic E-state index is 0.0258. The molecule has 0 aromatic carbocycles. The van der Waals surface area contributed by atoms with Crippen molar-refractivity contribution in [2.45, 2.75) is 58.5 Å². The molecule has 1 saturated heterocycles. The van der Waals surface area contributed by atoms with Gasteiger partial charge >= 0.3 is 0 Å². The minimum Gasteiger partial charge on any atom is -0.342 e. The molecule has 1 N–H and O–H groups in total. The van der Waals surface area contributed by atoms with Crippen LogP contribution in [0.5, 0.6) is 0 Å². The first-order valence-corrected chi connectivity index (χ1v) is 8.41. The molecule has 0 aromatic heterocycles. The van der Waals surface area contributed by atoms with Gasteiger partial charge in [0.1, 0.15) is 0 Å². The molecule has 1 aliphatic heterocycles. The molecule has 0 spiro atoms. The maximum atomic E-state index is 12.6. The van der Waals surface area contributed by atoms with Crippen molar-refractivity contribution in [3.8, 4) is 0 Å². The van der Waals surface area contributed by atoms with E-state index in [9.17, 15) is 4.79 Å². The van der Waals surface area contributed by atoms with Gasteiger partial charge in [0.15, 0.2) is 0 Å². The Morgan fingerprint density at radius 1 is 1.20 bits per heavy atom. The molecule has 2 fully saturated rings. The van der Waals surface area contributed by atoms with E-state index in [0.717, 1.165) is 38.6 Å². The van der Waals surface area contributed by atoms with E-state index < -0.39 is 0 Å². The molecular formula is C16H31N3O. The summed E-state index contributed by atoms with van der Waals surface area (Å²) < 4.78 is 0. The second-order valence-corrected chi connectivity index (χ2v) is 6.38. The number of nitrogens with zero attached hydrogens (tertiary/aromatic N) is 2. The smallest absolute Gasteiger partial charge is 0.239 e. The van der Waals surface area contributed by atoms with Crippen molar-refractivity contribution < 1.29 is 4.79 Å². The van der Waals surface area contributed by atoms with Crippen molar-refractivity contribution in [3.63, 3.8) is 0 Å². The fourth-order valence-corrected chi connectivity index (χ4v) is 3.17. The molecule has 4 nitrogen and oxygen atoms in total. The van der Waals surface area contributed by atoms with E-state index in [2.05, 4.69) is 31.0 Å². The first kappa shape index (κ1) is 15.8. The predicted molar refractivity (Wildman–Crippen MR) is 82.7 cm³/mol. The number of carbonyl (C=O) groups excluding carboxylic acids is 1. The molecule has 2 rings (SSSR count). The Hall–Kier alpha value is -0.610. The fraction of sp³-hybridized carbons (Fsp3) is 0.938. The second kappa shape index (κ2) is 7.41. The third kappa shape index (κ3) is 4.19. The SMILES string of the molecule is CCN(CC)C(=O)C(C)N(CC1CC1)CC1CCCN1. The lowest BCUT2D eigenvalue weighted by molar-refractivity contribution is -0.136. The molecule has 0 aromatic rings. The van der Waals surface area contributed by atoms with E-state index in [-0.39, 0.29) is 6.04 Å². The van der Waals surface area contributed by atoms with E-state index in [0.29, 0.717) is 11.9 Å². The molecular weight excluding hydrogens is 250 g/mol. The summed E-state index contributed by atoms with van der Waals surface area (Å²) in [5, 5.41) is 3.57. The van der Waals surface area contributed by atoms with Crippen LogP contribution in [-0.2, 0) is 4.79 Å². The zero-order chi connectivity index (χ0) is 14.5. The number of nitrogens with one attached hydrogen (secondary N) is 1. The Kier molecular flexibility index (Phi) is 5.85. The van der Waals surface area contributed by atoms with Gasteiger partial charge in [-0.3, -0.25) is 9.69 Å². The quantitative estimate of drug-likeness (QED) is 0.736. The van der Waals surface area contributed by atoms with Gasteiger partial charge in [-0.25, -0.2) is 0 Å². The molecule has 2 aliphatic rings. The maximum absolute atomic E-state index is 12.6. The molecule has 0 bridgehead atoms.